The standard InChI is InChI=1S/C29H32N8O/c1-5-36-19-30-26-27(33-29(34-28(26)36)37-16-15-24(18-37)35(3)4)32-23-8-6-7-22(17-23)31-25(38)14-13-21-11-9-20(2)10-12-21/h6-12,17,19,24H,5,15-16,18H2,1-4H3,(H,31,38)(H,32,33,34). The molecule has 1 aliphatic heterocycles. The number of nitrogens with zero attached hydrogens (tertiary/aromatic N) is 6. The molecule has 9 heteroatoms. The lowest BCUT2D eigenvalue weighted by molar-refractivity contribution is -0.111. The van der Waals surface area contributed by atoms with Gasteiger partial charge in [-0.1, -0.05) is 29.7 Å². The van der Waals surface area contributed by atoms with Gasteiger partial charge >= 0.3 is 5.91 Å². The van der Waals surface area contributed by atoms with Gasteiger partial charge in [0.15, 0.2) is 17.0 Å². The predicted molar refractivity (Wildman–Crippen MR) is 152 cm³/mol. The molecule has 194 valence electrons. The van der Waals surface area contributed by atoms with Crippen LogP contribution in [0.4, 0.5) is 23.1 Å². The highest BCUT2D eigenvalue weighted by Crippen LogP contribution is 2.28. The number of fused-ring (bicyclic) bond motifs is 1. The molecule has 2 aromatic heterocycles. The monoisotopic (exact) mass is 508 g/mol. The summed E-state index contributed by atoms with van der Waals surface area (Å²) >= 11 is 0. The molecular formula is C29H32N8O. The van der Waals surface area contributed by atoms with Crippen LogP contribution in [-0.2, 0) is 11.3 Å². The van der Waals surface area contributed by atoms with E-state index in [1.807, 2.05) is 60.0 Å². The Morgan fingerprint density at radius 2 is 1.92 bits per heavy atom. The Labute approximate surface area is 222 Å². The van der Waals surface area contributed by atoms with E-state index in [4.69, 9.17) is 9.97 Å². The summed E-state index contributed by atoms with van der Waals surface area (Å²) in [5.74, 6) is 6.51. The number of carbonyl (C=O) groups excluding carboxylic acids is 1. The van der Waals surface area contributed by atoms with E-state index >= 15 is 0 Å². The van der Waals surface area contributed by atoms with Crippen molar-refractivity contribution in [1.29, 1.82) is 0 Å². The molecule has 3 heterocycles. The number of hydrogen-bond donors (Lipinski definition) is 2. The van der Waals surface area contributed by atoms with Crippen LogP contribution in [-0.4, -0.2) is 63.6 Å². The number of carbonyl (C=O) groups is 1. The molecule has 1 atom stereocenters. The molecule has 0 saturated carbocycles. The van der Waals surface area contributed by atoms with Crippen LogP contribution in [0.5, 0.6) is 0 Å². The van der Waals surface area contributed by atoms with Crippen LogP contribution in [0, 0.1) is 18.8 Å². The molecule has 0 spiro atoms. The number of likely N-dealkylation sites (N-methyl/N-ethyl adjacent to an activating group) is 1. The number of amides is 1. The van der Waals surface area contributed by atoms with Crippen LogP contribution in [0.2, 0.25) is 0 Å². The Bertz CT molecular complexity index is 1510. The number of hydrogen-bond acceptors (Lipinski definition) is 7. The zero-order valence-corrected chi connectivity index (χ0v) is 22.2. The molecular weight excluding hydrogens is 476 g/mol. The molecule has 38 heavy (non-hydrogen) atoms. The number of anilines is 4. The van der Waals surface area contributed by atoms with Gasteiger partial charge in [0.05, 0.1) is 6.33 Å². The fraction of sp³-hybridized carbons (Fsp3) is 0.310. The molecule has 1 aliphatic rings. The van der Waals surface area contributed by atoms with Gasteiger partial charge < -0.3 is 25.0 Å². The Kier molecular flexibility index (Phi) is 7.24. The summed E-state index contributed by atoms with van der Waals surface area (Å²) in [5, 5.41) is 6.26. The molecule has 2 N–H and O–H groups in total. The Balaban J connectivity index is 1.37. The zero-order valence-electron chi connectivity index (χ0n) is 22.2. The van der Waals surface area contributed by atoms with Crippen LogP contribution in [0.1, 0.15) is 24.5 Å². The highest BCUT2D eigenvalue weighted by atomic mass is 16.1. The lowest BCUT2D eigenvalue weighted by Crippen LogP contribution is -2.32. The first-order valence-corrected chi connectivity index (χ1v) is 12.8. The van der Waals surface area contributed by atoms with Crippen molar-refractivity contribution in [3.63, 3.8) is 0 Å². The van der Waals surface area contributed by atoms with Crippen molar-refractivity contribution in [2.24, 2.45) is 0 Å². The molecule has 0 aliphatic carbocycles. The first kappa shape index (κ1) is 25.2. The minimum atomic E-state index is -0.374. The van der Waals surface area contributed by atoms with Crippen molar-refractivity contribution in [3.8, 4) is 11.8 Å². The van der Waals surface area contributed by atoms with Crippen molar-refractivity contribution < 1.29 is 4.79 Å². The predicted octanol–water partition coefficient (Wildman–Crippen LogP) is 4.03. The molecule has 0 radical (unpaired) electrons. The third-order valence-corrected chi connectivity index (χ3v) is 6.72. The lowest BCUT2D eigenvalue weighted by atomic mass is 10.1. The summed E-state index contributed by atoms with van der Waals surface area (Å²) in [7, 11) is 4.22. The normalized spacial score (nSPS) is 15.0. The van der Waals surface area contributed by atoms with E-state index < -0.39 is 0 Å². The molecule has 5 rings (SSSR count). The van der Waals surface area contributed by atoms with E-state index in [0.717, 1.165) is 48.5 Å². The first-order valence-electron chi connectivity index (χ1n) is 12.8. The van der Waals surface area contributed by atoms with E-state index in [2.05, 4.69) is 58.3 Å². The second-order valence-electron chi connectivity index (χ2n) is 9.70. The van der Waals surface area contributed by atoms with Gasteiger partial charge in [-0.3, -0.25) is 4.79 Å². The van der Waals surface area contributed by atoms with Gasteiger partial charge in [0.1, 0.15) is 0 Å². The fourth-order valence-electron chi connectivity index (χ4n) is 4.48. The summed E-state index contributed by atoms with van der Waals surface area (Å²) in [5.41, 5.74) is 4.86. The van der Waals surface area contributed by atoms with Crippen LogP contribution in [0.25, 0.3) is 11.2 Å². The zero-order chi connectivity index (χ0) is 26.6. The summed E-state index contributed by atoms with van der Waals surface area (Å²) in [6, 6.07) is 15.7. The smallest absolute Gasteiger partial charge is 0.300 e. The van der Waals surface area contributed by atoms with E-state index in [9.17, 15) is 4.79 Å². The van der Waals surface area contributed by atoms with Crippen LogP contribution < -0.4 is 15.5 Å². The Morgan fingerprint density at radius 1 is 1.13 bits per heavy atom. The number of benzene rings is 2. The molecule has 1 amide bonds. The van der Waals surface area contributed by atoms with Crippen LogP contribution in [0.15, 0.2) is 54.9 Å². The summed E-state index contributed by atoms with van der Waals surface area (Å²) in [6.07, 6.45) is 2.86. The molecule has 4 aromatic rings. The number of imidazole rings is 1. The van der Waals surface area contributed by atoms with Gasteiger partial charge in [-0.05, 0) is 64.7 Å². The van der Waals surface area contributed by atoms with Gasteiger partial charge in [-0.25, -0.2) is 4.98 Å². The van der Waals surface area contributed by atoms with Gasteiger partial charge in [0, 0.05) is 48.5 Å². The molecule has 9 nitrogen and oxygen atoms in total. The maximum Gasteiger partial charge on any atom is 0.300 e. The summed E-state index contributed by atoms with van der Waals surface area (Å²) in [6.45, 7) is 6.63. The van der Waals surface area contributed by atoms with E-state index in [0.29, 0.717) is 29.0 Å². The van der Waals surface area contributed by atoms with Gasteiger partial charge in [0.25, 0.3) is 0 Å². The molecule has 1 fully saturated rings. The Morgan fingerprint density at radius 3 is 2.66 bits per heavy atom. The number of aryl methyl sites for hydroxylation is 2. The maximum absolute atomic E-state index is 12.5. The average Bonchev–Trinajstić information content (AvgIpc) is 3.56. The van der Waals surface area contributed by atoms with Crippen molar-refractivity contribution >= 4 is 40.2 Å². The maximum atomic E-state index is 12.5. The van der Waals surface area contributed by atoms with Crippen LogP contribution in [0.3, 0.4) is 0 Å². The third kappa shape index (κ3) is 5.61. The van der Waals surface area contributed by atoms with Crippen molar-refractivity contribution in [2.45, 2.75) is 32.9 Å². The highest BCUT2D eigenvalue weighted by Gasteiger charge is 2.27. The van der Waals surface area contributed by atoms with Gasteiger partial charge in [0.2, 0.25) is 5.95 Å². The van der Waals surface area contributed by atoms with E-state index in [1.165, 1.54) is 0 Å². The third-order valence-electron chi connectivity index (χ3n) is 6.72. The van der Waals surface area contributed by atoms with Crippen LogP contribution >= 0.6 is 0 Å². The number of aromatic nitrogens is 4. The topological polar surface area (TPSA) is 91.2 Å². The molecule has 0 bridgehead atoms. The minimum Gasteiger partial charge on any atom is -0.339 e. The second kappa shape index (κ2) is 10.9. The van der Waals surface area contributed by atoms with E-state index in [1.54, 1.807) is 6.33 Å². The average molecular weight is 509 g/mol. The van der Waals surface area contributed by atoms with Crippen molar-refractivity contribution in [1.82, 2.24) is 24.4 Å². The quantitative estimate of drug-likeness (QED) is 0.380. The lowest BCUT2D eigenvalue weighted by Gasteiger charge is -2.21. The Hall–Kier alpha value is -4.42. The van der Waals surface area contributed by atoms with Gasteiger partial charge in [-0.15, -0.1) is 0 Å². The first-order chi connectivity index (χ1) is 18.4. The summed E-state index contributed by atoms with van der Waals surface area (Å²) in [4.78, 5) is 31.3. The van der Waals surface area contributed by atoms with Gasteiger partial charge in [-0.2, -0.15) is 9.97 Å². The largest absolute Gasteiger partial charge is 0.339 e. The molecule has 1 saturated heterocycles. The fourth-order valence-corrected chi connectivity index (χ4v) is 4.48. The molecule has 1 unspecified atom stereocenters. The van der Waals surface area contributed by atoms with Crippen molar-refractivity contribution in [3.05, 3.63) is 66.0 Å². The second-order valence-corrected chi connectivity index (χ2v) is 9.70. The number of nitrogens with one attached hydrogen (secondary N) is 2. The van der Waals surface area contributed by atoms with E-state index in [-0.39, 0.29) is 5.91 Å². The molecule has 2 aromatic carbocycles. The van der Waals surface area contributed by atoms with Crippen molar-refractivity contribution in [2.75, 3.05) is 42.7 Å². The SMILES string of the molecule is CCn1cnc2c(Nc3cccc(NC(=O)C#Cc4ccc(C)cc4)c3)nc(N3CCC(N(C)C)C3)nc21. The number of rotatable bonds is 6. The summed E-state index contributed by atoms with van der Waals surface area (Å²) < 4.78 is 2.02. The highest BCUT2D eigenvalue weighted by molar-refractivity contribution is 6.04. The minimum absolute atomic E-state index is 0.374.